The molecule has 2 heteroatoms. The van der Waals surface area contributed by atoms with Crippen LogP contribution in [-0.2, 0) is 6.42 Å². The summed E-state index contributed by atoms with van der Waals surface area (Å²) in [6.45, 7) is 4.43. The standard InChI is InChI=1S/C20H18N2/c1-13(2)11-14-12-21-19-17-9-5-3-7-15(17)16-8-4-6-10-18(16)20(19)22-14/h3-10,12-13H,11H2,1-2H3. The lowest BCUT2D eigenvalue weighted by atomic mass is 9.99. The van der Waals surface area contributed by atoms with E-state index in [1.807, 2.05) is 6.20 Å². The van der Waals surface area contributed by atoms with Crippen molar-refractivity contribution in [3.8, 4) is 0 Å². The van der Waals surface area contributed by atoms with Crippen molar-refractivity contribution in [1.29, 1.82) is 0 Å². The molecule has 0 amide bonds. The molecule has 0 atom stereocenters. The number of hydrogen-bond acceptors (Lipinski definition) is 2. The third-order valence-corrected chi connectivity index (χ3v) is 4.09. The summed E-state index contributed by atoms with van der Waals surface area (Å²) in [6, 6.07) is 17.0. The number of benzene rings is 3. The van der Waals surface area contributed by atoms with E-state index in [2.05, 4.69) is 62.4 Å². The van der Waals surface area contributed by atoms with E-state index in [9.17, 15) is 0 Å². The fourth-order valence-electron chi connectivity index (χ4n) is 3.18. The lowest BCUT2D eigenvalue weighted by Crippen LogP contribution is -1.99. The van der Waals surface area contributed by atoms with Gasteiger partial charge in [0.15, 0.2) is 0 Å². The lowest BCUT2D eigenvalue weighted by Gasteiger charge is -2.10. The smallest absolute Gasteiger partial charge is 0.0975 e. The van der Waals surface area contributed by atoms with Crippen molar-refractivity contribution in [2.45, 2.75) is 20.3 Å². The van der Waals surface area contributed by atoms with Crippen molar-refractivity contribution in [2.75, 3.05) is 0 Å². The van der Waals surface area contributed by atoms with Gasteiger partial charge >= 0.3 is 0 Å². The Hall–Kier alpha value is -2.48. The van der Waals surface area contributed by atoms with Gasteiger partial charge in [-0.15, -0.1) is 0 Å². The van der Waals surface area contributed by atoms with Crippen molar-refractivity contribution in [3.63, 3.8) is 0 Å². The molecule has 0 saturated carbocycles. The second-order valence-electron chi connectivity index (χ2n) is 6.25. The van der Waals surface area contributed by atoms with Crippen molar-refractivity contribution in [2.24, 2.45) is 5.92 Å². The third kappa shape index (κ3) is 2.03. The first kappa shape index (κ1) is 13.2. The Kier molecular flexibility index (Phi) is 3.04. The van der Waals surface area contributed by atoms with Gasteiger partial charge in [0.2, 0.25) is 0 Å². The molecule has 0 N–H and O–H groups in total. The van der Waals surface area contributed by atoms with Crippen LogP contribution in [-0.4, -0.2) is 9.97 Å². The van der Waals surface area contributed by atoms with Gasteiger partial charge in [-0.05, 0) is 23.1 Å². The van der Waals surface area contributed by atoms with E-state index in [1.165, 1.54) is 21.5 Å². The summed E-state index contributed by atoms with van der Waals surface area (Å²) in [6.07, 6.45) is 2.90. The maximum Gasteiger partial charge on any atom is 0.0975 e. The summed E-state index contributed by atoms with van der Waals surface area (Å²) in [4.78, 5) is 9.68. The van der Waals surface area contributed by atoms with Crippen LogP contribution in [0, 0.1) is 5.92 Å². The van der Waals surface area contributed by atoms with E-state index in [1.54, 1.807) is 0 Å². The Morgan fingerprint density at radius 3 is 1.91 bits per heavy atom. The molecule has 0 saturated heterocycles. The SMILES string of the molecule is CC(C)Cc1cnc2c3ccccc3c3ccccc3c2n1. The minimum atomic E-state index is 0.582. The molecule has 22 heavy (non-hydrogen) atoms. The molecule has 4 rings (SSSR count). The molecular weight excluding hydrogens is 268 g/mol. The predicted molar refractivity (Wildman–Crippen MR) is 93.1 cm³/mol. The van der Waals surface area contributed by atoms with Gasteiger partial charge in [0.25, 0.3) is 0 Å². The Morgan fingerprint density at radius 1 is 0.773 bits per heavy atom. The number of nitrogens with zero attached hydrogens (tertiary/aromatic N) is 2. The number of rotatable bonds is 2. The van der Waals surface area contributed by atoms with Crippen molar-refractivity contribution < 1.29 is 0 Å². The summed E-state index contributed by atoms with van der Waals surface area (Å²) in [7, 11) is 0. The topological polar surface area (TPSA) is 25.8 Å². The van der Waals surface area contributed by atoms with Crippen molar-refractivity contribution in [3.05, 3.63) is 60.4 Å². The molecule has 1 heterocycles. The maximum atomic E-state index is 4.93. The van der Waals surface area contributed by atoms with Gasteiger partial charge in [-0.25, -0.2) is 4.98 Å². The average molecular weight is 286 g/mol. The molecular formula is C20H18N2. The number of aromatic nitrogens is 2. The largest absolute Gasteiger partial charge is 0.252 e. The van der Waals surface area contributed by atoms with Crippen LogP contribution in [0.3, 0.4) is 0 Å². The average Bonchev–Trinajstić information content (AvgIpc) is 2.54. The summed E-state index contributed by atoms with van der Waals surface area (Å²) in [5.74, 6) is 0.582. The van der Waals surface area contributed by atoms with Crippen LogP contribution < -0.4 is 0 Å². The molecule has 108 valence electrons. The van der Waals surface area contributed by atoms with E-state index in [4.69, 9.17) is 9.97 Å². The van der Waals surface area contributed by atoms with Crippen molar-refractivity contribution >= 4 is 32.6 Å². The van der Waals surface area contributed by atoms with Gasteiger partial charge < -0.3 is 0 Å². The predicted octanol–water partition coefficient (Wildman–Crippen LogP) is 5.13. The van der Waals surface area contributed by atoms with Crippen LogP contribution in [0.25, 0.3) is 32.6 Å². The van der Waals surface area contributed by atoms with Crippen LogP contribution in [0.5, 0.6) is 0 Å². The van der Waals surface area contributed by atoms with Gasteiger partial charge in [-0.3, -0.25) is 4.98 Å². The highest BCUT2D eigenvalue weighted by Gasteiger charge is 2.11. The van der Waals surface area contributed by atoms with Gasteiger partial charge in [0.1, 0.15) is 0 Å². The molecule has 0 fully saturated rings. The Morgan fingerprint density at radius 2 is 1.32 bits per heavy atom. The molecule has 0 bridgehead atoms. The highest BCUT2D eigenvalue weighted by atomic mass is 14.8. The van der Waals surface area contributed by atoms with E-state index in [0.29, 0.717) is 5.92 Å². The molecule has 0 unspecified atom stereocenters. The lowest BCUT2D eigenvalue weighted by molar-refractivity contribution is 0.635. The normalized spacial score (nSPS) is 11.8. The molecule has 3 aromatic carbocycles. The van der Waals surface area contributed by atoms with E-state index < -0.39 is 0 Å². The Balaban J connectivity index is 2.17. The zero-order valence-electron chi connectivity index (χ0n) is 12.9. The van der Waals surface area contributed by atoms with Gasteiger partial charge in [-0.2, -0.15) is 0 Å². The summed E-state index contributed by atoms with van der Waals surface area (Å²) in [5, 5.41) is 4.87. The van der Waals surface area contributed by atoms with E-state index in [-0.39, 0.29) is 0 Å². The van der Waals surface area contributed by atoms with Gasteiger partial charge in [0.05, 0.1) is 16.7 Å². The number of fused-ring (bicyclic) bond motifs is 6. The molecule has 2 nitrogen and oxygen atoms in total. The maximum absolute atomic E-state index is 4.93. The number of hydrogen-bond donors (Lipinski definition) is 0. The van der Waals surface area contributed by atoms with E-state index in [0.717, 1.165) is 23.1 Å². The van der Waals surface area contributed by atoms with Crippen LogP contribution in [0.1, 0.15) is 19.5 Å². The fourth-order valence-corrected chi connectivity index (χ4v) is 3.18. The molecule has 0 aliphatic heterocycles. The first-order chi connectivity index (χ1) is 10.7. The molecule has 0 radical (unpaired) electrons. The van der Waals surface area contributed by atoms with Crippen molar-refractivity contribution in [1.82, 2.24) is 9.97 Å². The Labute approximate surface area is 129 Å². The third-order valence-electron chi connectivity index (χ3n) is 4.09. The summed E-state index contributed by atoms with van der Waals surface area (Å²) < 4.78 is 0. The molecule has 0 spiro atoms. The van der Waals surface area contributed by atoms with E-state index >= 15 is 0 Å². The molecule has 0 aliphatic rings. The fraction of sp³-hybridized carbons (Fsp3) is 0.200. The first-order valence-corrected chi connectivity index (χ1v) is 7.79. The second kappa shape index (κ2) is 5.06. The Bertz CT molecular complexity index is 951. The zero-order valence-corrected chi connectivity index (χ0v) is 12.9. The second-order valence-corrected chi connectivity index (χ2v) is 6.25. The molecule has 0 aliphatic carbocycles. The summed E-state index contributed by atoms with van der Waals surface area (Å²) >= 11 is 0. The highest BCUT2D eigenvalue weighted by Crippen LogP contribution is 2.32. The minimum absolute atomic E-state index is 0.582. The quantitative estimate of drug-likeness (QED) is 0.477. The van der Waals surface area contributed by atoms with Gasteiger partial charge in [-0.1, -0.05) is 62.4 Å². The van der Waals surface area contributed by atoms with Crippen LogP contribution in [0.4, 0.5) is 0 Å². The van der Waals surface area contributed by atoms with Gasteiger partial charge in [0, 0.05) is 17.0 Å². The minimum Gasteiger partial charge on any atom is -0.252 e. The van der Waals surface area contributed by atoms with Crippen LogP contribution >= 0.6 is 0 Å². The highest BCUT2D eigenvalue weighted by molar-refractivity contribution is 6.22. The van der Waals surface area contributed by atoms with Crippen LogP contribution in [0.2, 0.25) is 0 Å². The summed E-state index contributed by atoms with van der Waals surface area (Å²) in [5.41, 5.74) is 3.09. The zero-order chi connectivity index (χ0) is 15.1. The molecule has 4 aromatic rings. The molecule has 1 aromatic heterocycles. The van der Waals surface area contributed by atoms with Crippen LogP contribution in [0.15, 0.2) is 54.7 Å². The first-order valence-electron chi connectivity index (χ1n) is 7.79. The monoisotopic (exact) mass is 286 g/mol.